The Hall–Kier alpha value is -2.24. The summed E-state index contributed by atoms with van der Waals surface area (Å²) >= 11 is 0. The van der Waals surface area contributed by atoms with Gasteiger partial charge >= 0.3 is 0 Å². The van der Waals surface area contributed by atoms with Crippen LogP contribution in [0.1, 0.15) is 24.8 Å². The molecule has 130 valence electrons. The second-order valence-corrected chi connectivity index (χ2v) is 6.41. The van der Waals surface area contributed by atoms with Crippen LogP contribution in [-0.4, -0.2) is 50.1 Å². The minimum Gasteiger partial charge on any atom is -0.493 e. The van der Waals surface area contributed by atoms with E-state index in [0.717, 1.165) is 36.3 Å². The first-order valence-electron chi connectivity index (χ1n) is 8.50. The summed E-state index contributed by atoms with van der Waals surface area (Å²) in [6.07, 6.45) is 3.31. The van der Waals surface area contributed by atoms with E-state index >= 15 is 0 Å². The maximum Gasteiger partial charge on any atom is 0.239 e. The van der Waals surface area contributed by atoms with Crippen LogP contribution in [0.15, 0.2) is 18.2 Å². The van der Waals surface area contributed by atoms with Crippen LogP contribution in [-0.2, 0) is 16.0 Å². The van der Waals surface area contributed by atoms with Crippen molar-refractivity contribution in [3.8, 4) is 11.5 Å². The molecule has 6 nitrogen and oxygen atoms in total. The van der Waals surface area contributed by atoms with E-state index in [0.29, 0.717) is 26.1 Å². The molecule has 1 atom stereocenters. The fourth-order valence-corrected chi connectivity index (χ4v) is 3.27. The molecule has 0 aliphatic carbocycles. The lowest BCUT2D eigenvalue weighted by molar-refractivity contribution is -0.137. The summed E-state index contributed by atoms with van der Waals surface area (Å²) in [5.74, 6) is 1.77. The molecule has 2 heterocycles. The Labute approximate surface area is 142 Å². The highest BCUT2D eigenvalue weighted by atomic mass is 16.5. The van der Waals surface area contributed by atoms with Gasteiger partial charge in [-0.3, -0.25) is 9.59 Å². The Kier molecular flexibility index (Phi) is 5.23. The van der Waals surface area contributed by atoms with Crippen LogP contribution in [0.4, 0.5) is 0 Å². The SMILES string of the molecule is COc1cccc2c1OC[C@H](CNC(=O)CN1CCCCC1=O)C2. The van der Waals surface area contributed by atoms with Crippen molar-refractivity contribution in [3.63, 3.8) is 0 Å². The van der Waals surface area contributed by atoms with Crippen molar-refractivity contribution in [1.29, 1.82) is 0 Å². The Morgan fingerprint density at radius 1 is 1.42 bits per heavy atom. The van der Waals surface area contributed by atoms with Crippen LogP contribution in [0.5, 0.6) is 11.5 Å². The number of likely N-dealkylation sites (tertiary alicyclic amines) is 1. The van der Waals surface area contributed by atoms with E-state index in [1.165, 1.54) is 0 Å². The first kappa shape index (κ1) is 16.6. The van der Waals surface area contributed by atoms with E-state index in [1.54, 1.807) is 12.0 Å². The zero-order valence-corrected chi connectivity index (χ0v) is 14.0. The third-order valence-electron chi connectivity index (χ3n) is 4.60. The van der Waals surface area contributed by atoms with E-state index in [-0.39, 0.29) is 24.3 Å². The Morgan fingerprint density at radius 2 is 2.29 bits per heavy atom. The van der Waals surface area contributed by atoms with Crippen molar-refractivity contribution >= 4 is 11.8 Å². The lowest BCUT2D eigenvalue weighted by atomic mass is 9.96. The lowest BCUT2D eigenvalue weighted by Gasteiger charge is -2.28. The van der Waals surface area contributed by atoms with Gasteiger partial charge in [-0.1, -0.05) is 12.1 Å². The van der Waals surface area contributed by atoms with E-state index in [1.807, 2.05) is 18.2 Å². The molecule has 24 heavy (non-hydrogen) atoms. The highest BCUT2D eigenvalue weighted by molar-refractivity contribution is 5.85. The number of ether oxygens (including phenoxy) is 2. The van der Waals surface area contributed by atoms with Crippen molar-refractivity contribution in [2.45, 2.75) is 25.7 Å². The van der Waals surface area contributed by atoms with Gasteiger partial charge in [-0.15, -0.1) is 0 Å². The van der Waals surface area contributed by atoms with E-state index in [2.05, 4.69) is 5.32 Å². The molecule has 1 N–H and O–H groups in total. The topological polar surface area (TPSA) is 67.9 Å². The molecule has 0 saturated carbocycles. The zero-order chi connectivity index (χ0) is 16.9. The highest BCUT2D eigenvalue weighted by Gasteiger charge is 2.24. The molecule has 3 rings (SSSR count). The van der Waals surface area contributed by atoms with Crippen LogP contribution < -0.4 is 14.8 Å². The summed E-state index contributed by atoms with van der Waals surface area (Å²) < 4.78 is 11.1. The van der Waals surface area contributed by atoms with Gasteiger partial charge in [0, 0.05) is 25.4 Å². The normalized spacial score (nSPS) is 20.1. The van der Waals surface area contributed by atoms with E-state index < -0.39 is 0 Å². The predicted molar refractivity (Wildman–Crippen MR) is 89.1 cm³/mol. The number of nitrogens with one attached hydrogen (secondary N) is 1. The number of benzene rings is 1. The molecule has 2 amide bonds. The number of nitrogens with zero attached hydrogens (tertiary/aromatic N) is 1. The third-order valence-corrected chi connectivity index (χ3v) is 4.60. The molecule has 1 aromatic rings. The number of para-hydroxylation sites is 1. The van der Waals surface area contributed by atoms with E-state index in [9.17, 15) is 9.59 Å². The Balaban J connectivity index is 1.49. The van der Waals surface area contributed by atoms with Crippen LogP contribution in [0, 0.1) is 5.92 Å². The maximum atomic E-state index is 12.1. The van der Waals surface area contributed by atoms with Gasteiger partial charge in [-0.2, -0.15) is 0 Å². The fraction of sp³-hybridized carbons (Fsp3) is 0.556. The lowest BCUT2D eigenvalue weighted by Crippen LogP contribution is -2.44. The van der Waals surface area contributed by atoms with Crippen LogP contribution >= 0.6 is 0 Å². The minimum atomic E-state index is -0.0957. The summed E-state index contributed by atoms with van der Waals surface area (Å²) in [5, 5.41) is 2.94. The number of hydrogen-bond donors (Lipinski definition) is 1. The summed E-state index contributed by atoms with van der Waals surface area (Å²) in [6.45, 7) is 1.95. The maximum absolute atomic E-state index is 12.1. The largest absolute Gasteiger partial charge is 0.493 e. The smallest absolute Gasteiger partial charge is 0.239 e. The van der Waals surface area contributed by atoms with Gasteiger partial charge < -0.3 is 19.7 Å². The van der Waals surface area contributed by atoms with Gasteiger partial charge in [0.2, 0.25) is 11.8 Å². The molecule has 1 saturated heterocycles. The molecule has 0 aromatic heterocycles. The molecular weight excluding hydrogens is 308 g/mol. The molecule has 2 aliphatic rings. The fourth-order valence-electron chi connectivity index (χ4n) is 3.27. The molecule has 1 fully saturated rings. The van der Waals surface area contributed by atoms with Crippen LogP contribution in [0.2, 0.25) is 0 Å². The molecule has 0 unspecified atom stereocenters. The number of carbonyl (C=O) groups is 2. The molecule has 6 heteroatoms. The first-order chi connectivity index (χ1) is 11.7. The predicted octanol–water partition coefficient (Wildman–Crippen LogP) is 1.37. The number of carbonyl (C=O) groups excluding carboxylic acids is 2. The summed E-state index contributed by atoms with van der Waals surface area (Å²) in [6, 6.07) is 5.86. The molecular formula is C18H24N2O4. The molecule has 2 aliphatic heterocycles. The van der Waals surface area contributed by atoms with Gasteiger partial charge in [0.1, 0.15) is 0 Å². The monoisotopic (exact) mass is 332 g/mol. The van der Waals surface area contributed by atoms with Gasteiger partial charge in [0.15, 0.2) is 11.5 Å². The molecule has 0 spiro atoms. The molecule has 1 aromatic carbocycles. The number of hydrogen-bond acceptors (Lipinski definition) is 4. The van der Waals surface area contributed by atoms with Gasteiger partial charge in [-0.05, 0) is 30.9 Å². The van der Waals surface area contributed by atoms with Crippen molar-refractivity contribution in [3.05, 3.63) is 23.8 Å². The quantitative estimate of drug-likeness (QED) is 0.884. The average molecular weight is 332 g/mol. The second-order valence-electron chi connectivity index (χ2n) is 6.41. The van der Waals surface area contributed by atoms with Gasteiger partial charge in [0.25, 0.3) is 0 Å². The molecule has 0 bridgehead atoms. The number of rotatable bonds is 5. The number of piperidine rings is 1. The number of fused-ring (bicyclic) bond motifs is 1. The van der Waals surface area contributed by atoms with Crippen LogP contribution in [0.3, 0.4) is 0 Å². The van der Waals surface area contributed by atoms with Crippen molar-refractivity contribution in [2.75, 3.05) is 33.4 Å². The number of amides is 2. The average Bonchev–Trinajstić information content (AvgIpc) is 2.61. The Bertz CT molecular complexity index is 617. The summed E-state index contributed by atoms with van der Waals surface area (Å²) in [5.41, 5.74) is 1.10. The zero-order valence-electron chi connectivity index (χ0n) is 14.0. The number of methoxy groups -OCH3 is 1. The van der Waals surface area contributed by atoms with Crippen molar-refractivity contribution in [1.82, 2.24) is 10.2 Å². The van der Waals surface area contributed by atoms with Gasteiger partial charge in [-0.25, -0.2) is 0 Å². The summed E-state index contributed by atoms with van der Waals surface area (Å²) in [4.78, 5) is 25.5. The third kappa shape index (κ3) is 3.80. The van der Waals surface area contributed by atoms with Gasteiger partial charge in [0.05, 0.1) is 20.3 Å². The van der Waals surface area contributed by atoms with E-state index in [4.69, 9.17) is 9.47 Å². The highest BCUT2D eigenvalue weighted by Crippen LogP contribution is 2.35. The molecule has 0 radical (unpaired) electrons. The van der Waals surface area contributed by atoms with Crippen molar-refractivity contribution in [2.24, 2.45) is 5.92 Å². The standard InChI is InChI=1S/C18H24N2O4/c1-23-15-6-4-5-14-9-13(12-24-18(14)15)10-19-16(21)11-20-8-3-2-7-17(20)22/h4-6,13H,2-3,7-12H2,1H3,(H,19,21)/t13-/m0/s1. The van der Waals surface area contributed by atoms with Crippen molar-refractivity contribution < 1.29 is 19.1 Å². The Morgan fingerprint density at radius 3 is 3.08 bits per heavy atom. The first-order valence-corrected chi connectivity index (χ1v) is 8.50. The second kappa shape index (κ2) is 7.55. The minimum absolute atomic E-state index is 0.0819. The summed E-state index contributed by atoms with van der Waals surface area (Å²) in [7, 11) is 1.63. The van der Waals surface area contributed by atoms with Crippen LogP contribution in [0.25, 0.3) is 0 Å².